The number of benzene rings is 1. The Balaban J connectivity index is 0.00000124. The van der Waals surface area contributed by atoms with Gasteiger partial charge in [-0.2, -0.15) is 5.10 Å². The van der Waals surface area contributed by atoms with Crippen molar-refractivity contribution in [1.29, 1.82) is 0 Å². The molecule has 7 heteroatoms. The average Bonchev–Trinajstić information content (AvgIpc) is 3.45. The highest BCUT2D eigenvalue weighted by atomic mass is 32.2. The molecule has 2 heterocycles. The molecule has 6 nitrogen and oxygen atoms in total. The number of thioether (sulfide) groups is 1. The van der Waals surface area contributed by atoms with Crippen LogP contribution in [0.3, 0.4) is 0 Å². The number of fused-ring (bicyclic) bond motifs is 1. The van der Waals surface area contributed by atoms with E-state index in [0.717, 1.165) is 30.7 Å². The largest absolute Gasteiger partial charge is 0.461 e. The molecule has 0 spiro atoms. The monoisotopic (exact) mass is 429 g/mol. The van der Waals surface area contributed by atoms with Crippen LogP contribution in [-0.2, 0) is 24.0 Å². The van der Waals surface area contributed by atoms with Crippen molar-refractivity contribution >= 4 is 23.6 Å². The van der Waals surface area contributed by atoms with Gasteiger partial charge in [-0.25, -0.2) is 4.79 Å². The van der Waals surface area contributed by atoms with E-state index in [1.54, 1.807) is 14.0 Å². The first-order valence-corrected chi connectivity index (χ1v) is 11.7. The molecule has 1 aromatic heterocycles. The van der Waals surface area contributed by atoms with Crippen LogP contribution in [0.2, 0.25) is 0 Å². The maximum absolute atomic E-state index is 13.1. The zero-order valence-corrected chi connectivity index (χ0v) is 19.1. The zero-order chi connectivity index (χ0) is 21.7. The third-order valence-electron chi connectivity index (χ3n) is 5.41. The van der Waals surface area contributed by atoms with Gasteiger partial charge in [-0.05, 0) is 31.7 Å². The molecule has 0 radical (unpaired) electrons. The van der Waals surface area contributed by atoms with Crippen LogP contribution in [0, 0.1) is 0 Å². The van der Waals surface area contributed by atoms with Crippen LogP contribution < -0.4 is 0 Å². The van der Waals surface area contributed by atoms with Gasteiger partial charge < -0.3 is 9.64 Å². The van der Waals surface area contributed by atoms with Gasteiger partial charge in [0.2, 0.25) is 0 Å². The van der Waals surface area contributed by atoms with Crippen molar-refractivity contribution in [2.75, 3.05) is 19.7 Å². The lowest BCUT2D eigenvalue weighted by Gasteiger charge is -2.31. The Morgan fingerprint density at radius 1 is 1.23 bits per heavy atom. The number of carbonyl (C=O) groups is 2. The van der Waals surface area contributed by atoms with Crippen molar-refractivity contribution in [3.8, 4) is 0 Å². The summed E-state index contributed by atoms with van der Waals surface area (Å²) >= 11 is 1.95. The summed E-state index contributed by atoms with van der Waals surface area (Å²) < 4.78 is 6.78. The minimum absolute atomic E-state index is 0.0293. The van der Waals surface area contributed by atoms with Crippen molar-refractivity contribution in [2.24, 2.45) is 7.05 Å². The second-order valence-corrected chi connectivity index (χ2v) is 8.90. The third-order valence-corrected chi connectivity index (χ3v) is 7.04. The summed E-state index contributed by atoms with van der Waals surface area (Å²) in [5.74, 6) is 0.489. The summed E-state index contributed by atoms with van der Waals surface area (Å²) in [7, 11) is 1.72. The number of hydrogen-bond acceptors (Lipinski definition) is 5. The molecule has 1 fully saturated rings. The van der Waals surface area contributed by atoms with Gasteiger partial charge in [-0.15, -0.1) is 11.8 Å². The first-order chi connectivity index (χ1) is 14.5. The second-order valence-electron chi connectivity index (χ2n) is 7.45. The molecule has 0 unspecified atom stereocenters. The van der Waals surface area contributed by atoms with Crippen molar-refractivity contribution in [3.05, 3.63) is 52.8 Å². The average molecular weight is 430 g/mol. The molecule has 0 atom stereocenters. The topological polar surface area (TPSA) is 64.4 Å². The number of carbonyl (C=O) groups excluding carboxylic acids is 2. The molecule has 1 amide bonds. The van der Waals surface area contributed by atoms with E-state index in [2.05, 4.69) is 29.4 Å². The van der Waals surface area contributed by atoms with E-state index in [0.29, 0.717) is 25.3 Å². The second kappa shape index (κ2) is 9.69. The Morgan fingerprint density at radius 2 is 1.93 bits per heavy atom. The van der Waals surface area contributed by atoms with Crippen molar-refractivity contribution in [1.82, 2.24) is 14.7 Å². The van der Waals surface area contributed by atoms with Gasteiger partial charge in [-0.1, -0.05) is 44.2 Å². The number of ether oxygens (including phenoxy) is 1. The molecular formula is C23H31N3O3S. The molecule has 0 N–H and O–H groups in total. The molecule has 1 aliphatic heterocycles. The zero-order valence-electron chi connectivity index (χ0n) is 18.3. The first-order valence-electron chi connectivity index (χ1n) is 10.7. The van der Waals surface area contributed by atoms with E-state index in [4.69, 9.17) is 4.74 Å². The third kappa shape index (κ3) is 4.72. The lowest BCUT2D eigenvalue weighted by Crippen LogP contribution is -2.43. The van der Waals surface area contributed by atoms with E-state index >= 15 is 0 Å². The Morgan fingerprint density at radius 3 is 2.57 bits per heavy atom. The number of hydrogen-bond donors (Lipinski definition) is 0. The molecular weight excluding hydrogens is 398 g/mol. The molecule has 2 aliphatic rings. The molecule has 1 aliphatic carbocycles. The summed E-state index contributed by atoms with van der Waals surface area (Å²) in [4.78, 5) is 27.2. The molecule has 0 saturated heterocycles. The molecule has 1 aromatic carbocycles. The van der Waals surface area contributed by atoms with Gasteiger partial charge in [0.25, 0.3) is 5.91 Å². The highest BCUT2D eigenvalue weighted by Crippen LogP contribution is 2.50. The summed E-state index contributed by atoms with van der Waals surface area (Å²) in [6.45, 7) is 7.44. The van der Waals surface area contributed by atoms with Crippen molar-refractivity contribution in [3.63, 3.8) is 0 Å². The van der Waals surface area contributed by atoms with Crippen LogP contribution in [0.5, 0.6) is 0 Å². The Kier molecular flexibility index (Phi) is 7.23. The molecule has 1 saturated carbocycles. The highest BCUT2D eigenvalue weighted by molar-refractivity contribution is 8.00. The van der Waals surface area contributed by atoms with Crippen LogP contribution in [0.25, 0.3) is 0 Å². The van der Waals surface area contributed by atoms with Gasteiger partial charge in [0.15, 0.2) is 5.69 Å². The van der Waals surface area contributed by atoms with Crippen molar-refractivity contribution < 1.29 is 14.3 Å². The molecule has 2 aromatic rings. The van der Waals surface area contributed by atoms with Gasteiger partial charge in [-0.3, -0.25) is 9.48 Å². The number of esters is 1. The van der Waals surface area contributed by atoms with Gasteiger partial charge in [0, 0.05) is 36.2 Å². The van der Waals surface area contributed by atoms with E-state index < -0.39 is 5.97 Å². The maximum Gasteiger partial charge on any atom is 0.359 e. The molecule has 30 heavy (non-hydrogen) atoms. The van der Waals surface area contributed by atoms with Crippen LogP contribution in [0.1, 0.15) is 65.7 Å². The fraction of sp³-hybridized carbons (Fsp3) is 0.522. The predicted molar refractivity (Wildman–Crippen MR) is 120 cm³/mol. The number of amides is 1. The number of nitrogens with zero attached hydrogens (tertiary/aromatic N) is 3. The smallest absolute Gasteiger partial charge is 0.359 e. The summed E-state index contributed by atoms with van der Waals surface area (Å²) in [6, 6.07) is 10.5. The molecule has 162 valence electrons. The van der Waals surface area contributed by atoms with E-state index in [9.17, 15) is 9.59 Å². The van der Waals surface area contributed by atoms with Gasteiger partial charge >= 0.3 is 5.97 Å². The van der Waals surface area contributed by atoms with Gasteiger partial charge in [0.05, 0.1) is 6.61 Å². The van der Waals surface area contributed by atoms with E-state index in [-0.39, 0.29) is 16.3 Å². The van der Waals surface area contributed by atoms with Crippen molar-refractivity contribution in [2.45, 2.75) is 50.5 Å². The fourth-order valence-electron chi connectivity index (χ4n) is 3.73. The standard InChI is InChI=1S/C21H25N3O3S.C2H6/c1-3-27-20(26)17-16-9-12-24(19(25)18(16)23(2)22-17)14-21(10-11-21)28-13-15-7-5-4-6-8-15;1-2/h4-8H,3,9-14H2,1-2H3;1-2H3. The number of rotatable bonds is 7. The number of aryl methyl sites for hydroxylation is 1. The summed E-state index contributed by atoms with van der Waals surface area (Å²) in [6.07, 6.45) is 2.92. The minimum Gasteiger partial charge on any atom is -0.461 e. The summed E-state index contributed by atoms with van der Waals surface area (Å²) in [5.41, 5.74) is 2.85. The lowest BCUT2D eigenvalue weighted by molar-refractivity contribution is 0.0517. The minimum atomic E-state index is -0.447. The van der Waals surface area contributed by atoms with E-state index in [1.165, 1.54) is 10.2 Å². The highest BCUT2D eigenvalue weighted by Gasteiger charge is 2.46. The Hall–Kier alpha value is -2.28. The molecule has 4 rings (SSSR count). The van der Waals surface area contributed by atoms with Crippen LogP contribution in [-0.4, -0.2) is 51.0 Å². The van der Waals surface area contributed by atoms with Crippen LogP contribution in [0.4, 0.5) is 0 Å². The van der Waals surface area contributed by atoms with E-state index in [1.807, 2.05) is 36.6 Å². The normalized spacial score (nSPS) is 16.4. The van der Waals surface area contributed by atoms with Crippen LogP contribution >= 0.6 is 11.8 Å². The van der Waals surface area contributed by atoms with Crippen LogP contribution in [0.15, 0.2) is 30.3 Å². The quantitative estimate of drug-likeness (QED) is 0.621. The fourth-order valence-corrected chi connectivity index (χ4v) is 5.03. The SMILES string of the molecule is CC.CCOC(=O)c1nn(C)c2c1CCN(CC1(SCc3ccccc3)CC1)C2=O. The Bertz CT molecular complexity index is 891. The summed E-state index contributed by atoms with van der Waals surface area (Å²) in [5, 5.41) is 4.27. The van der Waals surface area contributed by atoms with Gasteiger partial charge in [0.1, 0.15) is 5.69 Å². The predicted octanol–water partition coefficient (Wildman–Crippen LogP) is 4.09. The lowest BCUT2D eigenvalue weighted by atomic mass is 10.0. The molecule has 0 bridgehead atoms. The Labute approximate surface area is 183 Å². The maximum atomic E-state index is 13.1. The number of aromatic nitrogens is 2. The first kappa shape index (κ1) is 22.4.